The number of hydrogen-bond donors (Lipinski definition) is 2. The molecule has 4 aromatic carbocycles. The average Bonchev–Trinajstić information content (AvgIpc) is 2.88. The molecule has 0 saturated heterocycles. The molecule has 6 heteroatoms. The van der Waals surface area contributed by atoms with E-state index in [1.807, 2.05) is 48.5 Å². The Morgan fingerprint density at radius 1 is 0.559 bits per heavy atom. The second-order valence-electron chi connectivity index (χ2n) is 7.35. The smallest absolute Gasteiger partial charge is 0.166 e. The molecule has 0 saturated carbocycles. The van der Waals surface area contributed by atoms with Crippen LogP contribution in [-0.2, 0) is 0 Å². The minimum absolute atomic E-state index is 0.0364. The van der Waals surface area contributed by atoms with E-state index < -0.39 is 0 Å². The lowest BCUT2D eigenvalue weighted by Crippen LogP contribution is -1.89. The number of benzene rings is 4. The van der Waals surface area contributed by atoms with Gasteiger partial charge in [0.1, 0.15) is 0 Å². The van der Waals surface area contributed by atoms with E-state index in [-0.39, 0.29) is 11.5 Å². The van der Waals surface area contributed by atoms with Crippen LogP contribution in [0, 0.1) is 0 Å². The van der Waals surface area contributed by atoms with Crippen molar-refractivity contribution in [3.8, 4) is 34.1 Å². The van der Waals surface area contributed by atoms with Crippen molar-refractivity contribution in [1.29, 1.82) is 0 Å². The van der Waals surface area contributed by atoms with Crippen molar-refractivity contribution < 1.29 is 19.7 Å². The third kappa shape index (κ3) is 4.76. The highest BCUT2D eigenvalue weighted by molar-refractivity contribution is 5.93. The molecule has 170 valence electrons. The number of rotatable bonds is 7. The average molecular weight is 453 g/mol. The summed E-state index contributed by atoms with van der Waals surface area (Å²) < 4.78 is 10.4. The Hall–Kier alpha value is -4.58. The van der Waals surface area contributed by atoms with Gasteiger partial charge in [-0.05, 0) is 36.4 Å². The molecule has 0 amide bonds. The Bertz CT molecular complexity index is 1260. The highest BCUT2D eigenvalue weighted by Crippen LogP contribution is 2.37. The molecule has 0 aliphatic rings. The van der Waals surface area contributed by atoms with Crippen LogP contribution in [0.15, 0.2) is 94.9 Å². The third-order valence-electron chi connectivity index (χ3n) is 5.28. The predicted octanol–water partition coefficient (Wildman–Crippen LogP) is 6.28. The van der Waals surface area contributed by atoms with Gasteiger partial charge in [0.25, 0.3) is 0 Å². The summed E-state index contributed by atoms with van der Waals surface area (Å²) in [6, 6.07) is 25.9. The molecule has 0 aliphatic heterocycles. The minimum Gasteiger partial charge on any atom is -0.504 e. The molecule has 0 heterocycles. The van der Waals surface area contributed by atoms with Crippen LogP contribution in [0.25, 0.3) is 11.1 Å². The molecular formula is C28H24N2O4. The third-order valence-corrected chi connectivity index (χ3v) is 5.28. The number of para-hydroxylation sites is 4. The van der Waals surface area contributed by atoms with E-state index in [2.05, 4.69) is 9.98 Å². The van der Waals surface area contributed by atoms with E-state index in [1.54, 1.807) is 48.8 Å². The second-order valence-corrected chi connectivity index (χ2v) is 7.35. The molecule has 6 nitrogen and oxygen atoms in total. The van der Waals surface area contributed by atoms with Crippen LogP contribution in [0.4, 0.5) is 11.4 Å². The maximum atomic E-state index is 10.4. The quantitative estimate of drug-likeness (QED) is 0.323. The number of aromatic hydroxyl groups is 2. The summed E-state index contributed by atoms with van der Waals surface area (Å²) in [7, 11) is 3.02. The van der Waals surface area contributed by atoms with Gasteiger partial charge in [-0.3, -0.25) is 9.98 Å². The number of nitrogens with zero attached hydrogens (tertiary/aromatic N) is 2. The van der Waals surface area contributed by atoms with Crippen molar-refractivity contribution in [2.75, 3.05) is 14.2 Å². The second kappa shape index (κ2) is 10.4. The number of aliphatic imine (C=N–C) groups is 2. The minimum atomic E-state index is 0.0364. The molecular weight excluding hydrogens is 428 g/mol. The standard InChI is InChI=1S/C28H24N2O4/c1-33-25-15-7-9-19(27(25)31)17-29-23-13-5-3-11-21(23)22-12-4-6-14-24(22)30-18-20-10-8-16-26(34-2)28(20)32/h3-18,31-32H,1-2H3. The van der Waals surface area contributed by atoms with E-state index in [0.29, 0.717) is 22.6 Å². The van der Waals surface area contributed by atoms with Crippen molar-refractivity contribution in [2.45, 2.75) is 0 Å². The van der Waals surface area contributed by atoms with Gasteiger partial charge in [-0.15, -0.1) is 0 Å². The maximum absolute atomic E-state index is 10.4. The Morgan fingerprint density at radius 3 is 1.38 bits per heavy atom. The first-order chi connectivity index (χ1) is 16.6. The van der Waals surface area contributed by atoms with Crippen molar-refractivity contribution in [3.63, 3.8) is 0 Å². The summed E-state index contributed by atoms with van der Waals surface area (Å²) in [6.45, 7) is 0. The molecule has 0 radical (unpaired) electrons. The molecule has 0 atom stereocenters. The fourth-order valence-electron chi connectivity index (χ4n) is 3.52. The van der Waals surface area contributed by atoms with Gasteiger partial charge in [-0.1, -0.05) is 48.5 Å². The lowest BCUT2D eigenvalue weighted by molar-refractivity contribution is 0.373. The van der Waals surface area contributed by atoms with Gasteiger partial charge in [-0.2, -0.15) is 0 Å². The van der Waals surface area contributed by atoms with Gasteiger partial charge in [0.05, 0.1) is 25.6 Å². The SMILES string of the molecule is COc1cccc(C=Nc2ccccc2-c2ccccc2N=Cc2cccc(OC)c2O)c1O. The predicted molar refractivity (Wildman–Crippen MR) is 136 cm³/mol. The molecule has 0 fully saturated rings. The normalized spacial score (nSPS) is 11.2. The van der Waals surface area contributed by atoms with Crippen molar-refractivity contribution >= 4 is 23.8 Å². The highest BCUT2D eigenvalue weighted by atomic mass is 16.5. The lowest BCUT2D eigenvalue weighted by Gasteiger charge is -2.10. The molecule has 0 aliphatic carbocycles. The molecule has 2 N–H and O–H groups in total. The molecule has 0 spiro atoms. The summed E-state index contributed by atoms with van der Waals surface area (Å²) >= 11 is 0. The summed E-state index contributed by atoms with van der Waals surface area (Å²) in [5, 5.41) is 20.7. The van der Waals surface area contributed by atoms with Crippen LogP contribution in [-0.4, -0.2) is 36.9 Å². The Balaban J connectivity index is 1.71. The number of phenolic OH excluding ortho intramolecular Hbond substituents is 2. The monoisotopic (exact) mass is 452 g/mol. The van der Waals surface area contributed by atoms with E-state index in [9.17, 15) is 10.2 Å². The molecule has 34 heavy (non-hydrogen) atoms. The van der Waals surface area contributed by atoms with Crippen molar-refractivity contribution in [3.05, 3.63) is 96.1 Å². The van der Waals surface area contributed by atoms with E-state index >= 15 is 0 Å². The molecule has 0 unspecified atom stereocenters. The summed E-state index contributed by atoms with van der Waals surface area (Å²) in [5.74, 6) is 0.846. The van der Waals surface area contributed by atoms with Crippen LogP contribution in [0.2, 0.25) is 0 Å². The summed E-state index contributed by atoms with van der Waals surface area (Å²) in [5.41, 5.74) is 4.30. The van der Waals surface area contributed by atoms with Crippen LogP contribution in [0.1, 0.15) is 11.1 Å². The van der Waals surface area contributed by atoms with Gasteiger partial charge in [-0.25, -0.2) is 0 Å². The van der Waals surface area contributed by atoms with Gasteiger partial charge < -0.3 is 19.7 Å². The van der Waals surface area contributed by atoms with E-state index in [4.69, 9.17) is 9.47 Å². The fourth-order valence-corrected chi connectivity index (χ4v) is 3.52. The van der Waals surface area contributed by atoms with E-state index in [1.165, 1.54) is 14.2 Å². The van der Waals surface area contributed by atoms with Gasteiger partial charge in [0.2, 0.25) is 0 Å². The van der Waals surface area contributed by atoms with Crippen LogP contribution < -0.4 is 9.47 Å². The number of ether oxygens (including phenoxy) is 2. The van der Waals surface area contributed by atoms with Crippen molar-refractivity contribution in [1.82, 2.24) is 0 Å². The number of phenols is 2. The maximum Gasteiger partial charge on any atom is 0.166 e. The van der Waals surface area contributed by atoms with Gasteiger partial charge in [0.15, 0.2) is 23.0 Å². The molecule has 4 aromatic rings. The van der Waals surface area contributed by atoms with Gasteiger partial charge in [0, 0.05) is 34.7 Å². The zero-order valence-electron chi connectivity index (χ0n) is 18.8. The van der Waals surface area contributed by atoms with E-state index in [0.717, 1.165) is 22.5 Å². The largest absolute Gasteiger partial charge is 0.504 e. The Labute approximate surface area is 198 Å². The topological polar surface area (TPSA) is 83.6 Å². The Kier molecular flexibility index (Phi) is 6.89. The Morgan fingerprint density at radius 2 is 0.971 bits per heavy atom. The highest BCUT2D eigenvalue weighted by Gasteiger charge is 2.10. The van der Waals surface area contributed by atoms with Crippen LogP contribution in [0.3, 0.4) is 0 Å². The first-order valence-electron chi connectivity index (χ1n) is 10.6. The first kappa shape index (κ1) is 22.6. The molecule has 0 bridgehead atoms. The zero-order chi connectivity index (χ0) is 23.9. The first-order valence-corrected chi connectivity index (χ1v) is 10.6. The van der Waals surface area contributed by atoms with Crippen LogP contribution >= 0.6 is 0 Å². The fraction of sp³-hybridized carbons (Fsp3) is 0.0714. The number of methoxy groups -OCH3 is 2. The molecule has 4 rings (SSSR count). The van der Waals surface area contributed by atoms with Crippen LogP contribution in [0.5, 0.6) is 23.0 Å². The summed E-state index contributed by atoms with van der Waals surface area (Å²) in [6.07, 6.45) is 3.22. The zero-order valence-corrected chi connectivity index (χ0v) is 18.8. The van der Waals surface area contributed by atoms with Crippen molar-refractivity contribution in [2.24, 2.45) is 9.98 Å². The van der Waals surface area contributed by atoms with Gasteiger partial charge >= 0.3 is 0 Å². The lowest BCUT2D eigenvalue weighted by atomic mass is 10.0. The molecule has 0 aromatic heterocycles. The number of hydrogen-bond acceptors (Lipinski definition) is 6. The summed E-state index contributed by atoms with van der Waals surface area (Å²) in [4.78, 5) is 9.27.